The third-order valence-electron chi connectivity index (χ3n) is 3.51. The van der Waals surface area contributed by atoms with Crippen LogP contribution in [-0.2, 0) is 6.54 Å². The van der Waals surface area contributed by atoms with Gasteiger partial charge >= 0.3 is 0 Å². The van der Waals surface area contributed by atoms with E-state index in [4.69, 9.17) is 14.6 Å². The van der Waals surface area contributed by atoms with Crippen LogP contribution in [0.5, 0.6) is 11.5 Å². The molecule has 1 aliphatic heterocycles. The van der Waals surface area contributed by atoms with Crippen LogP contribution in [-0.4, -0.2) is 38.1 Å². The van der Waals surface area contributed by atoms with E-state index in [0.29, 0.717) is 13.3 Å². The minimum Gasteiger partial charge on any atom is -0.454 e. The fourth-order valence-corrected chi connectivity index (χ4v) is 2.34. The molecule has 1 aromatic rings. The first-order valence-corrected chi connectivity index (χ1v) is 7.81. The number of nitrogens with one attached hydrogen (secondary N) is 2. The molecular formula is C16H26N2O3. The van der Waals surface area contributed by atoms with E-state index in [1.54, 1.807) is 0 Å². The topological polar surface area (TPSA) is 62.8 Å². The molecule has 0 saturated heterocycles. The van der Waals surface area contributed by atoms with Gasteiger partial charge in [-0.2, -0.15) is 0 Å². The third kappa shape index (κ3) is 5.91. The highest BCUT2D eigenvalue weighted by Gasteiger charge is 2.12. The van der Waals surface area contributed by atoms with Crippen molar-refractivity contribution in [2.75, 3.05) is 33.0 Å². The maximum Gasteiger partial charge on any atom is 0.231 e. The molecular weight excluding hydrogens is 268 g/mol. The van der Waals surface area contributed by atoms with E-state index in [-0.39, 0.29) is 6.61 Å². The zero-order valence-electron chi connectivity index (χ0n) is 12.6. The Morgan fingerprint density at radius 1 is 0.905 bits per heavy atom. The van der Waals surface area contributed by atoms with Crippen molar-refractivity contribution >= 4 is 0 Å². The highest BCUT2D eigenvalue weighted by Crippen LogP contribution is 2.32. The van der Waals surface area contributed by atoms with Gasteiger partial charge < -0.3 is 25.2 Å². The predicted molar refractivity (Wildman–Crippen MR) is 82.7 cm³/mol. The second-order valence-corrected chi connectivity index (χ2v) is 5.25. The number of aliphatic hydroxyl groups is 1. The number of hydrogen-bond donors (Lipinski definition) is 3. The molecule has 1 aliphatic rings. The van der Waals surface area contributed by atoms with Crippen LogP contribution in [0.25, 0.3) is 0 Å². The van der Waals surface area contributed by atoms with Gasteiger partial charge in [-0.3, -0.25) is 0 Å². The summed E-state index contributed by atoms with van der Waals surface area (Å²) in [7, 11) is 0. The van der Waals surface area contributed by atoms with E-state index in [0.717, 1.165) is 31.1 Å². The summed E-state index contributed by atoms with van der Waals surface area (Å²) in [6.45, 7) is 4.18. The Bertz CT molecular complexity index is 413. The first kappa shape index (κ1) is 16.1. The minimum atomic E-state index is 0.226. The molecule has 0 radical (unpaired) electrons. The van der Waals surface area contributed by atoms with E-state index < -0.39 is 0 Å². The van der Waals surface area contributed by atoms with Crippen molar-refractivity contribution in [1.82, 2.24) is 10.6 Å². The van der Waals surface area contributed by atoms with Gasteiger partial charge in [0.1, 0.15) is 0 Å². The largest absolute Gasteiger partial charge is 0.454 e. The van der Waals surface area contributed by atoms with E-state index in [1.165, 1.54) is 31.2 Å². The van der Waals surface area contributed by atoms with Gasteiger partial charge in [0.15, 0.2) is 11.5 Å². The Morgan fingerprint density at radius 3 is 2.48 bits per heavy atom. The summed E-state index contributed by atoms with van der Waals surface area (Å²) in [5.41, 5.74) is 1.23. The van der Waals surface area contributed by atoms with Crippen LogP contribution < -0.4 is 20.1 Å². The van der Waals surface area contributed by atoms with Crippen LogP contribution >= 0.6 is 0 Å². The van der Waals surface area contributed by atoms with E-state index in [9.17, 15) is 0 Å². The number of fused-ring (bicyclic) bond motifs is 1. The lowest BCUT2D eigenvalue weighted by Crippen LogP contribution is -2.19. The number of benzene rings is 1. The van der Waals surface area contributed by atoms with Gasteiger partial charge in [0.25, 0.3) is 0 Å². The standard InChI is InChI=1S/C16H26N2O3/c19-10-9-17-7-3-1-2-4-8-18-12-14-5-6-15-16(11-14)21-13-20-15/h5-6,11,17-19H,1-4,7-10,12-13H2. The van der Waals surface area contributed by atoms with Crippen molar-refractivity contribution in [3.63, 3.8) is 0 Å². The monoisotopic (exact) mass is 294 g/mol. The minimum absolute atomic E-state index is 0.226. The Kier molecular flexibility index (Phi) is 7.35. The average molecular weight is 294 g/mol. The smallest absolute Gasteiger partial charge is 0.231 e. The maximum absolute atomic E-state index is 8.63. The second-order valence-electron chi connectivity index (χ2n) is 5.25. The van der Waals surface area contributed by atoms with Crippen LogP contribution in [0.4, 0.5) is 0 Å². The number of ether oxygens (including phenoxy) is 2. The van der Waals surface area contributed by atoms with Gasteiger partial charge in [-0.1, -0.05) is 18.9 Å². The summed E-state index contributed by atoms with van der Waals surface area (Å²) in [5.74, 6) is 1.69. The van der Waals surface area contributed by atoms with Crippen LogP contribution in [0.1, 0.15) is 31.2 Å². The molecule has 1 heterocycles. The van der Waals surface area contributed by atoms with Crippen molar-refractivity contribution in [2.45, 2.75) is 32.2 Å². The summed E-state index contributed by atoms with van der Waals surface area (Å²) in [5, 5.41) is 15.3. The van der Waals surface area contributed by atoms with Crippen LogP contribution in [0.15, 0.2) is 18.2 Å². The average Bonchev–Trinajstić information content (AvgIpc) is 2.97. The normalized spacial score (nSPS) is 12.8. The van der Waals surface area contributed by atoms with Crippen molar-refractivity contribution in [2.24, 2.45) is 0 Å². The summed E-state index contributed by atoms with van der Waals surface area (Å²) >= 11 is 0. The summed E-state index contributed by atoms with van der Waals surface area (Å²) < 4.78 is 10.7. The Balaban J connectivity index is 1.47. The predicted octanol–water partition coefficient (Wildman–Crippen LogP) is 1.65. The Morgan fingerprint density at radius 2 is 1.67 bits per heavy atom. The molecule has 5 heteroatoms. The van der Waals surface area contributed by atoms with Gasteiger partial charge in [-0.25, -0.2) is 0 Å². The Hall–Kier alpha value is -1.30. The zero-order valence-corrected chi connectivity index (χ0v) is 12.6. The molecule has 0 spiro atoms. The second kappa shape index (κ2) is 9.60. The molecule has 5 nitrogen and oxygen atoms in total. The third-order valence-corrected chi connectivity index (χ3v) is 3.51. The highest BCUT2D eigenvalue weighted by atomic mass is 16.7. The van der Waals surface area contributed by atoms with Crippen molar-refractivity contribution in [3.8, 4) is 11.5 Å². The molecule has 21 heavy (non-hydrogen) atoms. The quantitative estimate of drug-likeness (QED) is 0.542. The highest BCUT2D eigenvalue weighted by molar-refractivity contribution is 5.44. The molecule has 0 amide bonds. The van der Waals surface area contributed by atoms with Crippen molar-refractivity contribution < 1.29 is 14.6 Å². The molecule has 0 bridgehead atoms. The van der Waals surface area contributed by atoms with E-state index in [2.05, 4.69) is 16.7 Å². The van der Waals surface area contributed by atoms with Crippen LogP contribution in [0.2, 0.25) is 0 Å². The van der Waals surface area contributed by atoms with Crippen LogP contribution in [0.3, 0.4) is 0 Å². The van der Waals surface area contributed by atoms with E-state index >= 15 is 0 Å². The fourth-order valence-electron chi connectivity index (χ4n) is 2.34. The van der Waals surface area contributed by atoms with Gasteiger partial charge in [0, 0.05) is 13.1 Å². The fraction of sp³-hybridized carbons (Fsp3) is 0.625. The summed E-state index contributed by atoms with van der Waals surface area (Å²) in [6, 6.07) is 6.09. The molecule has 0 aliphatic carbocycles. The summed E-state index contributed by atoms with van der Waals surface area (Å²) in [4.78, 5) is 0. The molecule has 0 aromatic heterocycles. The SMILES string of the molecule is OCCNCCCCCCNCc1ccc2c(c1)OCO2. The first-order valence-electron chi connectivity index (χ1n) is 7.81. The van der Waals surface area contributed by atoms with Gasteiger partial charge in [0.2, 0.25) is 6.79 Å². The zero-order chi connectivity index (χ0) is 14.8. The first-order chi connectivity index (χ1) is 10.4. The Labute approximate surface area is 126 Å². The molecule has 3 N–H and O–H groups in total. The van der Waals surface area contributed by atoms with Crippen LogP contribution in [0, 0.1) is 0 Å². The van der Waals surface area contributed by atoms with Crippen molar-refractivity contribution in [1.29, 1.82) is 0 Å². The number of rotatable bonds is 11. The molecule has 0 atom stereocenters. The van der Waals surface area contributed by atoms with Gasteiger partial charge in [0.05, 0.1) is 6.61 Å². The molecule has 1 aromatic carbocycles. The lowest BCUT2D eigenvalue weighted by molar-refractivity contribution is 0.174. The molecule has 0 unspecified atom stereocenters. The van der Waals surface area contributed by atoms with Crippen molar-refractivity contribution in [3.05, 3.63) is 23.8 Å². The molecule has 0 fully saturated rings. The lowest BCUT2D eigenvalue weighted by atomic mass is 10.1. The number of hydrogen-bond acceptors (Lipinski definition) is 5. The molecule has 0 saturated carbocycles. The van der Waals surface area contributed by atoms with E-state index in [1.807, 2.05) is 12.1 Å². The molecule has 2 rings (SSSR count). The number of aliphatic hydroxyl groups excluding tert-OH is 1. The lowest BCUT2D eigenvalue weighted by Gasteiger charge is -2.06. The number of unbranched alkanes of at least 4 members (excludes halogenated alkanes) is 3. The maximum atomic E-state index is 8.63. The summed E-state index contributed by atoms with van der Waals surface area (Å²) in [6.07, 6.45) is 4.87. The van der Waals surface area contributed by atoms with Gasteiger partial charge in [-0.15, -0.1) is 0 Å². The molecule has 118 valence electrons. The van der Waals surface area contributed by atoms with Gasteiger partial charge in [-0.05, 0) is 43.6 Å².